The van der Waals surface area contributed by atoms with Crippen LogP contribution < -0.4 is 10.0 Å². The third-order valence-corrected chi connectivity index (χ3v) is 7.82. The van der Waals surface area contributed by atoms with Gasteiger partial charge in [-0.2, -0.15) is 0 Å². The molecule has 0 spiro atoms. The fraction of sp³-hybridized carbons (Fsp3) is 0.476. The van der Waals surface area contributed by atoms with Gasteiger partial charge in [-0.15, -0.1) is 11.3 Å². The third kappa shape index (κ3) is 6.29. The van der Waals surface area contributed by atoms with E-state index in [0.29, 0.717) is 17.8 Å². The first-order chi connectivity index (χ1) is 13.8. The summed E-state index contributed by atoms with van der Waals surface area (Å²) in [7, 11) is -3.58. The second-order valence-corrected chi connectivity index (χ2v) is 10.8. The molecule has 1 aromatic heterocycles. The lowest BCUT2D eigenvalue weighted by atomic mass is 9.92. The highest BCUT2D eigenvalue weighted by Gasteiger charge is 2.21. The quantitative estimate of drug-likeness (QED) is 0.621. The zero-order valence-electron chi connectivity index (χ0n) is 16.9. The molecule has 3 rings (SSSR count). The first-order valence-electron chi connectivity index (χ1n) is 10.0. The number of sulfonamides is 1. The highest BCUT2D eigenvalue weighted by atomic mass is 32.2. The lowest BCUT2D eigenvalue weighted by Crippen LogP contribution is -2.40. The number of anilines is 1. The van der Waals surface area contributed by atoms with Gasteiger partial charge in [0.1, 0.15) is 4.21 Å². The molecule has 8 heteroatoms. The molecule has 1 aromatic carbocycles. The van der Waals surface area contributed by atoms with E-state index in [1.54, 1.807) is 41.8 Å². The Hall–Kier alpha value is -1.90. The van der Waals surface area contributed by atoms with Gasteiger partial charge in [0.25, 0.3) is 15.9 Å². The van der Waals surface area contributed by atoms with E-state index in [4.69, 9.17) is 0 Å². The molecular weight excluding hydrogens is 406 g/mol. The molecular formula is C21H29N3O3S2. The molecule has 1 aliphatic heterocycles. The summed E-state index contributed by atoms with van der Waals surface area (Å²) in [6.45, 7) is 8.51. The summed E-state index contributed by atoms with van der Waals surface area (Å²) in [5.41, 5.74) is 0.951. The zero-order chi connectivity index (χ0) is 20.9. The van der Waals surface area contributed by atoms with Crippen LogP contribution in [0.1, 0.15) is 37.0 Å². The number of rotatable bonds is 8. The maximum Gasteiger partial charge on any atom is 0.271 e. The van der Waals surface area contributed by atoms with Crippen LogP contribution in [0, 0.1) is 11.8 Å². The average molecular weight is 436 g/mol. The fourth-order valence-electron chi connectivity index (χ4n) is 3.89. The molecule has 6 nitrogen and oxygen atoms in total. The van der Waals surface area contributed by atoms with Crippen LogP contribution >= 0.6 is 11.3 Å². The zero-order valence-corrected chi connectivity index (χ0v) is 18.6. The van der Waals surface area contributed by atoms with Gasteiger partial charge < -0.3 is 10.2 Å². The van der Waals surface area contributed by atoms with E-state index in [1.807, 2.05) is 0 Å². The number of piperidine rings is 1. The number of nitrogens with zero attached hydrogens (tertiary/aromatic N) is 1. The molecule has 2 aromatic rings. The smallest absolute Gasteiger partial charge is 0.271 e. The molecule has 0 unspecified atom stereocenters. The highest BCUT2D eigenvalue weighted by molar-refractivity contribution is 7.94. The van der Waals surface area contributed by atoms with Gasteiger partial charge in [0.2, 0.25) is 0 Å². The second-order valence-electron chi connectivity index (χ2n) is 7.93. The van der Waals surface area contributed by atoms with Crippen molar-refractivity contribution in [3.05, 3.63) is 47.3 Å². The Morgan fingerprint density at radius 1 is 1.14 bits per heavy atom. The van der Waals surface area contributed by atoms with Crippen molar-refractivity contribution < 1.29 is 13.2 Å². The number of hydrogen-bond donors (Lipinski definition) is 2. The maximum atomic E-state index is 12.3. The number of likely N-dealkylation sites (tertiary alicyclic amines) is 1. The van der Waals surface area contributed by atoms with E-state index in [1.165, 1.54) is 6.42 Å². The molecule has 1 amide bonds. The lowest BCUT2D eigenvalue weighted by molar-refractivity contribution is 0.0947. The largest absolute Gasteiger partial charge is 0.352 e. The van der Waals surface area contributed by atoms with Crippen molar-refractivity contribution in [2.75, 3.05) is 30.9 Å². The summed E-state index contributed by atoms with van der Waals surface area (Å²) in [6, 6.07) is 9.73. The Morgan fingerprint density at radius 3 is 2.45 bits per heavy atom. The van der Waals surface area contributed by atoms with E-state index in [9.17, 15) is 13.2 Å². The van der Waals surface area contributed by atoms with Crippen molar-refractivity contribution in [1.29, 1.82) is 0 Å². The van der Waals surface area contributed by atoms with Gasteiger partial charge in [-0.05, 0) is 66.9 Å². The summed E-state index contributed by atoms with van der Waals surface area (Å²) in [5.74, 6) is 1.34. The Balaban J connectivity index is 1.44. The Labute approximate surface area is 177 Å². The van der Waals surface area contributed by atoms with Crippen molar-refractivity contribution in [1.82, 2.24) is 10.2 Å². The normalized spacial score (nSPS) is 20.3. The van der Waals surface area contributed by atoms with E-state index in [2.05, 4.69) is 28.8 Å². The highest BCUT2D eigenvalue weighted by Crippen LogP contribution is 2.21. The SMILES string of the molecule is C[C@@H]1C[C@H](C)CN(CCCNC(=O)c2ccc(NS(=O)(=O)c3cccs3)cc2)C1. The summed E-state index contributed by atoms with van der Waals surface area (Å²) in [5, 5.41) is 4.67. The minimum atomic E-state index is -3.58. The topological polar surface area (TPSA) is 78.5 Å². The lowest BCUT2D eigenvalue weighted by Gasteiger charge is -2.34. The van der Waals surface area contributed by atoms with Crippen molar-refractivity contribution in [2.45, 2.75) is 30.9 Å². The molecule has 2 atom stereocenters. The molecule has 0 radical (unpaired) electrons. The molecule has 1 fully saturated rings. The Kier molecular flexibility index (Phi) is 7.32. The number of thiophene rings is 1. The number of amides is 1. The maximum absolute atomic E-state index is 12.3. The number of hydrogen-bond acceptors (Lipinski definition) is 5. The Morgan fingerprint density at radius 2 is 1.83 bits per heavy atom. The molecule has 0 saturated carbocycles. The van der Waals surface area contributed by atoms with Crippen LogP contribution in [0.2, 0.25) is 0 Å². The van der Waals surface area contributed by atoms with Crippen LogP contribution in [0.4, 0.5) is 5.69 Å². The molecule has 158 valence electrons. The molecule has 1 aliphatic rings. The molecule has 0 aliphatic carbocycles. The van der Waals surface area contributed by atoms with E-state index >= 15 is 0 Å². The monoisotopic (exact) mass is 435 g/mol. The predicted octanol–water partition coefficient (Wildman–Crippen LogP) is 3.65. The summed E-state index contributed by atoms with van der Waals surface area (Å²) < 4.78 is 27.3. The van der Waals surface area contributed by atoms with Gasteiger partial charge in [-0.1, -0.05) is 19.9 Å². The predicted molar refractivity (Wildman–Crippen MR) is 118 cm³/mol. The summed E-state index contributed by atoms with van der Waals surface area (Å²) in [6.07, 6.45) is 2.22. The molecule has 1 saturated heterocycles. The van der Waals surface area contributed by atoms with Crippen molar-refractivity contribution in [2.24, 2.45) is 11.8 Å². The second kappa shape index (κ2) is 9.73. The molecule has 29 heavy (non-hydrogen) atoms. The van der Waals surface area contributed by atoms with Crippen molar-refractivity contribution >= 4 is 33.0 Å². The van der Waals surface area contributed by atoms with E-state index in [-0.39, 0.29) is 10.1 Å². The number of nitrogens with one attached hydrogen (secondary N) is 2. The minimum absolute atomic E-state index is 0.141. The van der Waals surface area contributed by atoms with Crippen LogP contribution in [-0.2, 0) is 10.0 Å². The van der Waals surface area contributed by atoms with E-state index < -0.39 is 10.0 Å². The van der Waals surface area contributed by atoms with Crippen LogP contribution in [0.25, 0.3) is 0 Å². The van der Waals surface area contributed by atoms with Gasteiger partial charge in [0.05, 0.1) is 0 Å². The summed E-state index contributed by atoms with van der Waals surface area (Å²) in [4.78, 5) is 14.8. The van der Waals surface area contributed by atoms with Crippen LogP contribution in [-0.4, -0.2) is 45.4 Å². The molecule has 0 bridgehead atoms. The van der Waals surface area contributed by atoms with Crippen LogP contribution in [0.5, 0.6) is 0 Å². The first-order valence-corrected chi connectivity index (χ1v) is 12.4. The van der Waals surface area contributed by atoms with Gasteiger partial charge in [-0.25, -0.2) is 8.42 Å². The van der Waals surface area contributed by atoms with Crippen LogP contribution in [0.3, 0.4) is 0 Å². The standard InChI is InChI=1S/C21H29N3O3S2/c1-16-13-17(2)15-24(14-16)11-4-10-22-21(25)18-6-8-19(9-7-18)23-29(26,27)20-5-3-12-28-20/h3,5-9,12,16-17,23H,4,10-11,13-15H2,1-2H3,(H,22,25)/t16-,17+. The van der Waals surface area contributed by atoms with Gasteiger partial charge in [0.15, 0.2) is 0 Å². The number of carbonyl (C=O) groups excluding carboxylic acids is 1. The average Bonchev–Trinajstić information content (AvgIpc) is 3.20. The molecule has 2 heterocycles. The van der Waals surface area contributed by atoms with Crippen molar-refractivity contribution in [3.63, 3.8) is 0 Å². The summed E-state index contributed by atoms with van der Waals surface area (Å²) >= 11 is 1.16. The number of carbonyl (C=O) groups is 1. The van der Waals surface area contributed by atoms with Gasteiger partial charge in [-0.3, -0.25) is 9.52 Å². The van der Waals surface area contributed by atoms with E-state index in [0.717, 1.165) is 49.2 Å². The van der Waals surface area contributed by atoms with Crippen LogP contribution in [0.15, 0.2) is 46.0 Å². The van der Waals surface area contributed by atoms with Crippen molar-refractivity contribution in [3.8, 4) is 0 Å². The van der Waals surface area contributed by atoms with Gasteiger partial charge >= 0.3 is 0 Å². The fourth-order valence-corrected chi connectivity index (χ4v) is 5.94. The minimum Gasteiger partial charge on any atom is -0.352 e. The number of benzene rings is 1. The first kappa shape index (κ1) is 21.8. The van der Waals surface area contributed by atoms with Gasteiger partial charge in [0, 0.05) is 30.9 Å². The Bertz CT molecular complexity index is 886. The molecule has 2 N–H and O–H groups in total. The third-order valence-electron chi connectivity index (χ3n) is 5.04.